The molecule has 0 N–H and O–H groups in total. The number of anilines is 1. The highest BCUT2D eigenvalue weighted by Crippen LogP contribution is 2.30. The van der Waals surface area contributed by atoms with E-state index in [0.717, 1.165) is 22.3 Å². The van der Waals surface area contributed by atoms with Crippen molar-refractivity contribution in [1.29, 1.82) is 0 Å². The fraction of sp³-hybridized carbons (Fsp3) is 0.421. The summed E-state index contributed by atoms with van der Waals surface area (Å²) in [6.07, 6.45) is 1.67. The lowest BCUT2D eigenvalue weighted by Gasteiger charge is -2.38. The van der Waals surface area contributed by atoms with Gasteiger partial charge in [-0.15, -0.1) is 11.3 Å². The SMILES string of the molecule is CC1C(=O)N(c2cccc(I)c2)CC1N1CCN(C(=O)c2nccs2)CC1. The van der Waals surface area contributed by atoms with E-state index >= 15 is 0 Å². The van der Waals surface area contributed by atoms with Crippen LogP contribution in [0.25, 0.3) is 0 Å². The van der Waals surface area contributed by atoms with E-state index in [9.17, 15) is 9.59 Å². The molecule has 2 fully saturated rings. The van der Waals surface area contributed by atoms with Gasteiger partial charge in [-0.1, -0.05) is 13.0 Å². The second kappa shape index (κ2) is 7.84. The molecule has 2 amide bonds. The number of hydrogen-bond acceptors (Lipinski definition) is 5. The number of nitrogens with zero attached hydrogens (tertiary/aromatic N) is 4. The van der Waals surface area contributed by atoms with Crippen LogP contribution < -0.4 is 4.90 Å². The number of rotatable bonds is 3. The molecule has 0 bridgehead atoms. The molecule has 4 rings (SSSR count). The van der Waals surface area contributed by atoms with Crippen molar-refractivity contribution in [1.82, 2.24) is 14.8 Å². The van der Waals surface area contributed by atoms with Gasteiger partial charge in [0.25, 0.3) is 5.91 Å². The minimum atomic E-state index is -0.0379. The Labute approximate surface area is 176 Å². The maximum absolute atomic E-state index is 12.8. The molecule has 8 heteroatoms. The van der Waals surface area contributed by atoms with Gasteiger partial charge in [0.15, 0.2) is 5.01 Å². The quantitative estimate of drug-likeness (QED) is 0.614. The molecule has 0 saturated carbocycles. The topological polar surface area (TPSA) is 56.8 Å². The monoisotopic (exact) mass is 496 g/mol. The fourth-order valence-corrected chi connectivity index (χ4v) is 5.00. The van der Waals surface area contributed by atoms with Crippen molar-refractivity contribution in [3.8, 4) is 0 Å². The molecule has 1 aromatic carbocycles. The Hall–Kier alpha value is -1.52. The summed E-state index contributed by atoms with van der Waals surface area (Å²) in [6.45, 7) is 5.67. The average molecular weight is 496 g/mol. The Morgan fingerprint density at radius 3 is 2.70 bits per heavy atom. The van der Waals surface area contributed by atoms with Crippen molar-refractivity contribution in [2.24, 2.45) is 5.92 Å². The molecule has 0 aliphatic carbocycles. The Balaban J connectivity index is 1.41. The number of halogens is 1. The summed E-state index contributed by atoms with van der Waals surface area (Å²) in [4.78, 5) is 35.6. The third-order valence-corrected chi connectivity index (χ3v) is 6.84. The molecule has 3 heterocycles. The number of carbonyl (C=O) groups is 2. The van der Waals surface area contributed by atoms with Crippen LogP contribution in [0, 0.1) is 9.49 Å². The molecule has 2 aromatic rings. The van der Waals surface area contributed by atoms with Crippen LogP contribution in [0.15, 0.2) is 35.8 Å². The number of piperazine rings is 1. The van der Waals surface area contributed by atoms with E-state index in [4.69, 9.17) is 0 Å². The first-order valence-corrected chi connectivity index (χ1v) is 11.0. The number of benzene rings is 1. The zero-order valence-corrected chi connectivity index (χ0v) is 18.0. The van der Waals surface area contributed by atoms with E-state index in [1.807, 2.05) is 40.3 Å². The number of amides is 2. The minimum Gasteiger partial charge on any atom is -0.334 e. The summed E-state index contributed by atoms with van der Waals surface area (Å²) in [5.74, 6) is 0.160. The average Bonchev–Trinajstić information content (AvgIpc) is 3.31. The van der Waals surface area contributed by atoms with E-state index in [1.54, 1.807) is 6.20 Å². The first kappa shape index (κ1) is 18.8. The Morgan fingerprint density at radius 1 is 1.26 bits per heavy atom. The van der Waals surface area contributed by atoms with Crippen LogP contribution in [0.4, 0.5) is 5.69 Å². The molecule has 27 heavy (non-hydrogen) atoms. The molecule has 2 aliphatic rings. The van der Waals surface area contributed by atoms with Crippen molar-refractivity contribution < 1.29 is 9.59 Å². The van der Waals surface area contributed by atoms with Crippen LogP contribution in [0.1, 0.15) is 16.7 Å². The van der Waals surface area contributed by atoms with Crippen LogP contribution in [-0.2, 0) is 4.79 Å². The lowest BCUT2D eigenvalue weighted by Crippen LogP contribution is -2.53. The first-order valence-electron chi connectivity index (χ1n) is 9.04. The van der Waals surface area contributed by atoms with Crippen LogP contribution in [0.2, 0.25) is 0 Å². The number of thiazole rings is 1. The minimum absolute atomic E-state index is 0.0145. The normalized spacial score (nSPS) is 23.9. The highest BCUT2D eigenvalue weighted by Gasteiger charge is 2.42. The summed E-state index contributed by atoms with van der Waals surface area (Å²) in [7, 11) is 0. The Bertz CT molecular complexity index is 836. The second-order valence-corrected chi connectivity index (χ2v) is 9.09. The molecule has 2 atom stereocenters. The third kappa shape index (κ3) is 3.74. The molecule has 2 aliphatic heterocycles. The van der Waals surface area contributed by atoms with Crippen molar-refractivity contribution in [3.63, 3.8) is 0 Å². The first-order chi connectivity index (χ1) is 13.0. The van der Waals surface area contributed by atoms with Gasteiger partial charge in [0, 0.05) is 59.6 Å². The summed E-state index contributed by atoms with van der Waals surface area (Å²) < 4.78 is 1.13. The highest BCUT2D eigenvalue weighted by atomic mass is 127. The number of hydrogen-bond donors (Lipinski definition) is 0. The van der Waals surface area contributed by atoms with Gasteiger partial charge in [-0.25, -0.2) is 4.98 Å². The summed E-state index contributed by atoms with van der Waals surface area (Å²) in [5, 5.41) is 2.38. The van der Waals surface area contributed by atoms with Crippen molar-refractivity contribution in [2.75, 3.05) is 37.6 Å². The molecule has 6 nitrogen and oxygen atoms in total. The molecule has 2 unspecified atom stereocenters. The van der Waals surface area contributed by atoms with Crippen LogP contribution >= 0.6 is 33.9 Å². The van der Waals surface area contributed by atoms with Gasteiger partial charge < -0.3 is 9.80 Å². The van der Waals surface area contributed by atoms with Crippen LogP contribution in [-0.4, -0.2) is 65.4 Å². The van der Waals surface area contributed by atoms with Gasteiger partial charge in [0.1, 0.15) is 0 Å². The fourth-order valence-electron chi connectivity index (χ4n) is 3.87. The molecule has 142 valence electrons. The molecule has 2 saturated heterocycles. The van der Waals surface area contributed by atoms with Crippen LogP contribution in [0.5, 0.6) is 0 Å². The van der Waals surface area contributed by atoms with E-state index in [1.165, 1.54) is 11.3 Å². The maximum atomic E-state index is 12.8. The van der Waals surface area contributed by atoms with Crippen molar-refractivity contribution in [3.05, 3.63) is 44.4 Å². The standard InChI is InChI=1S/C19H21IN4O2S/c1-13-16(12-24(18(13)25)15-4-2-3-14(20)11-15)22-6-8-23(9-7-22)19(26)17-21-5-10-27-17/h2-5,10-11,13,16H,6-9,12H2,1H3. The van der Waals surface area contributed by atoms with Gasteiger partial charge in [-0.2, -0.15) is 0 Å². The largest absolute Gasteiger partial charge is 0.334 e. The van der Waals surface area contributed by atoms with E-state index < -0.39 is 0 Å². The molecule has 0 spiro atoms. The van der Waals surface area contributed by atoms with E-state index in [2.05, 4.69) is 38.5 Å². The zero-order valence-electron chi connectivity index (χ0n) is 15.0. The summed E-state index contributed by atoms with van der Waals surface area (Å²) >= 11 is 3.66. The van der Waals surface area contributed by atoms with Crippen LogP contribution in [0.3, 0.4) is 0 Å². The Kier molecular flexibility index (Phi) is 5.47. The molecular formula is C19H21IN4O2S. The van der Waals surface area contributed by atoms with Gasteiger partial charge in [0.2, 0.25) is 5.91 Å². The summed E-state index contributed by atoms with van der Waals surface area (Å²) in [5.41, 5.74) is 0.971. The van der Waals surface area contributed by atoms with Crippen molar-refractivity contribution in [2.45, 2.75) is 13.0 Å². The summed E-state index contributed by atoms with van der Waals surface area (Å²) in [6, 6.07) is 8.26. The predicted octanol–water partition coefficient (Wildman–Crippen LogP) is 2.56. The number of aromatic nitrogens is 1. The van der Waals surface area contributed by atoms with Crippen molar-refractivity contribution >= 4 is 51.4 Å². The molecular weight excluding hydrogens is 475 g/mol. The number of carbonyl (C=O) groups excluding carboxylic acids is 2. The van der Waals surface area contributed by atoms with E-state index in [-0.39, 0.29) is 23.8 Å². The zero-order chi connectivity index (χ0) is 19.0. The lowest BCUT2D eigenvalue weighted by molar-refractivity contribution is -0.120. The van der Waals surface area contributed by atoms with E-state index in [0.29, 0.717) is 24.6 Å². The van der Waals surface area contributed by atoms with Gasteiger partial charge >= 0.3 is 0 Å². The molecule has 0 radical (unpaired) electrons. The smallest absolute Gasteiger partial charge is 0.282 e. The second-order valence-electron chi connectivity index (χ2n) is 6.95. The van der Waals surface area contributed by atoms with Gasteiger partial charge in [0.05, 0.1) is 5.92 Å². The highest BCUT2D eigenvalue weighted by molar-refractivity contribution is 14.1. The third-order valence-electron chi connectivity index (χ3n) is 5.41. The van der Waals surface area contributed by atoms with Gasteiger partial charge in [-0.3, -0.25) is 14.5 Å². The lowest BCUT2D eigenvalue weighted by atomic mass is 10.0. The maximum Gasteiger partial charge on any atom is 0.282 e. The Morgan fingerprint density at radius 2 is 2.04 bits per heavy atom. The van der Waals surface area contributed by atoms with Gasteiger partial charge in [-0.05, 0) is 40.8 Å². The molecule has 1 aromatic heterocycles. The predicted molar refractivity (Wildman–Crippen MR) is 114 cm³/mol.